The fourth-order valence-electron chi connectivity index (χ4n) is 1.17. The Hall–Kier alpha value is -0.0500. The van der Waals surface area contributed by atoms with Crippen LogP contribution in [0.4, 0.5) is 0 Å². The summed E-state index contributed by atoms with van der Waals surface area (Å²) in [7, 11) is 0. The minimum atomic E-state index is 0.217. The Kier molecular flexibility index (Phi) is 4.23. The number of carbonyl (C=O) groups excluding carboxylic acids is 1. The standard InChI is InChI=1S/C10H18BrNO/c1-10(5-6-10)8-12-9(13)4-2-3-7-11/h2-8H2,1H3,(H,12,13). The van der Waals surface area contributed by atoms with Gasteiger partial charge in [-0.1, -0.05) is 22.9 Å². The van der Waals surface area contributed by atoms with Crippen LogP contribution in [-0.2, 0) is 4.79 Å². The third kappa shape index (κ3) is 4.65. The lowest BCUT2D eigenvalue weighted by Crippen LogP contribution is -2.28. The molecule has 0 aromatic rings. The number of amides is 1. The Morgan fingerprint density at radius 1 is 1.46 bits per heavy atom. The highest BCUT2D eigenvalue weighted by Crippen LogP contribution is 2.43. The van der Waals surface area contributed by atoms with E-state index in [-0.39, 0.29) is 5.91 Å². The molecule has 1 N–H and O–H groups in total. The molecule has 1 amide bonds. The maximum atomic E-state index is 11.3. The quantitative estimate of drug-likeness (QED) is 0.567. The molecule has 0 spiro atoms. The topological polar surface area (TPSA) is 29.1 Å². The fourth-order valence-corrected chi connectivity index (χ4v) is 1.57. The van der Waals surface area contributed by atoms with Crippen molar-refractivity contribution in [2.45, 2.75) is 39.0 Å². The highest BCUT2D eigenvalue weighted by Gasteiger charge is 2.37. The van der Waals surface area contributed by atoms with Gasteiger partial charge in [-0.15, -0.1) is 0 Å². The normalized spacial score (nSPS) is 18.3. The predicted molar refractivity (Wildman–Crippen MR) is 58.0 cm³/mol. The summed E-state index contributed by atoms with van der Waals surface area (Å²) in [6.07, 6.45) is 5.31. The first-order valence-corrected chi connectivity index (χ1v) is 6.11. The fraction of sp³-hybridized carbons (Fsp3) is 0.900. The second kappa shape index (κ2) is 4.99. The van der Waals surface area contributed by atoms with Crippen molar-refractivity contribution in [2.24, 2.45) is 5.41 Å². The zero-order chi connectivity index (χ0) is 9.73. The predicted octanol–water partition coefficient (Wildman–Crippen LogP) is 2.47. The lowest BCUT2D eigenvalue weighted by atomic mass is 10.1. The first-order chi connectivity index (χ1) is 6.16. The zero-order valence-corrected chi connectivity index (χ0v) is 9.82. The largest absolute Gasteiger partial charge is 0.356 e. The molecule has 1 aliphatic rings. The summed E-state index contributed by atoms with van der Waals surface area (Å²) in [4.78, 5) is 11.3. The minimum absolute atomic E-state index is 0.217. The van der Waals surface area contributed by atoms with Crippen LogP contribution in [0.3, 0.4) is 0 Å². The van der Waals surface area contributed by atoms with Crippen LogP contribution < -0.4 is 5.32 Å². The molecule has 76 valence electrons. The van der Waals surface area contributed by atoms with Gasteiger partial charge in [0.25, 0.3) is 0 Å². The summed E-state index contributed by atoms with van der Waals surface area (Å²) < 4.78 is 0. The summed E-state index contributed by atoms with van der Waals surface area (Å²) >= 11 is 3.35. The van der Waals surface area contributed by atoms with E-state index in [1.54, 1.807) is 0 Å². The number of hydrogen-bond acceptors (Lipinski definition) is 1. The van der Waals surface area contributed by atoms with Gasteiger partial charge < -0.3 is 5.32 Å². The number of halogens is 1. The Morgan fingerprint density at radius 2 is 2.15 bits per heavy atom. The summed E-state index contributed by atoms with van der Waals surface area (Å²) in [6, 6.07) is 0. The summed E-state index contributed by atoms with van der Waals surface area (Å²) in [5.74, 6) is 0.217. The van der Waals surface area contributed by atoms with Crippen LogP contribution in [-0.4, -0.2) is 17.8 Å². The van der Waals surface area contributed by atoms with Gasteiger partial charge in [0, 0.05) is 18.3 Å². The minimum Gasteiger partial charge on any atom is -0.356 e. The number of rotatable bonds is 6. The third-order valence-corrected chi connectivity index (χ3v) is 3.16. The maximum absolute atomic E-state index is 11.3. The lowest BCUT2D eigenvalue weighted by molar-refractivity contribution is -0.121. The molecule has 1 saturated carbocycles. The smallest absolute Gasteiger partial charge is 0.220 e. The van der Waals surface area contributed by atoms with Crippen molar-refractivity contribution >= 4 is 21.8 Å². The van der Waals surface area contributed by atoms with Crippen molar-refractivity contribution in [3.63, 3.8) is 0 Å². The van der Waals surface area contributed by atoms with Crippen molar-refractivity contribution in [2.75, 3.05) is 11.9 Å². The first-order valence-electron chi connectivity index (χ1n) is 4.99. The molecule has 0 radical (unpaired) electrons. The van der Waals surface area contributed by atoms with Crippen molar-refractivity contribution < 1.29 is 4.79 Å². The molecular weight excluding hydrogens is 230 g/mol. The van der Waals surface area contributed by atoms with E-state index in [4.69, 9.17) is 0 Å². The molecule has 13 heavy (non-hydrogen) atoms. The molecule has 3 heteroatoms. The third-order valence-electron chi connectivity index (χ3n) is 2.60. The van der Waals surface area contributed by atoms with E-state index in [0.29, 0.717) is 11.8 Å². The molecule has 0 aliphatic heterocycles. The average Bonchev–Trinajstić information content (AvgIpc) is 2.82. The van der Waals surface area contributed by atoms with E-state index < -0.39 is 0 Å². The van der Waals surface area contributed by atoms with E-state index in [1.165, 1.54) is 12.8 Å². The van der Waals surface area contributed by atoms with Gasteiger partial charge >= 0.3 is 0 Å². The molecule has 0 heterocycles. The molecule has 0 unspecified atom stereocenters. The van der Waals surface area contributed by atoms with E-state index in [0.717, 1.165) is 24.7 Å². The summed E-state index contributed by atoms with van der Waals surface area (Å²) in [5.41, 5.74) is 0.436. The molecule has 0 aromatic carbocycles. The van der Waals surface area contributed by atoms with Crippen LogP contribution in [0.1, 0.15) is 39.0 Å². The number of alkyl halides is 1. The van der Waals surface area contributed by atoms with Gasteiger partial charge in [-0.05, 0) is 31.1 Å². The van der Waals surface area contributed by atoms with Gasteiger partial charge in [-0.2, -0.15) is 0 Å². The van der Waals surface area contributed by atoms with E-state index in [9.17, 15) is 4.79 Å². The first kappa shape index (κ1) is 11.0. The maximum Gasteiger partial charge on any atom is 0.220 e. The van der Waals surface area contributed by atoms with Gasteiger partial charge in [0.2, 0.25) is 5.91 Å². The van der Waals surface area contributed by atoms with Gasteiger partial charge in [0.1, 0.15) is 0 Å². The van der Waals surface area contributed by atoms with Crippen LogP contribution in [0.2, 0.25) is 0 Å². The molecule has 1 fully saturated rings. The Bertz CT molecular complexity index is 178. The van der Waals surface area contributed by atoms with E-state index >= 15 is 0 Å². The van der Waals surface area contributed by atoms with Crippen LogP contribution >= 0.6 is 15.9 Å². The molecular formula is C10H18BrNO. The second-order valence-electron chi connectivity index (χ2n) is 4.23. The van der Waals surface area contributed by atoms with Crippen LogP contribution in [0.5, 0.6) is 0 Å². The van der Waals surface area contributed by atoms with E-state index in [2.05, 4.69) is 28.2 Å². The van der Waals surface area contributed by atoms with Gasteiger partial charge in [0.05, 0.1) is 0 Å². The summed E-state index contributed by atoms with van der Waals surface area (Å²) in [5, 5.41) is 3.99. The zero-order valence-electron chi connectivity index (χ0n) is 8.24. The van der Waals surface area contributed by atoms with Gasteiger partial charge in [-0.3, -0.25) is 4.79 Å². The molecule has 2 nitrogen and oxygen atoms in total. The Balaban J connectivity index is 1.97. The average molecular weight is 248 g/mol. The number of carbonyl (C=O) groups is 1. The lowest BCUT2D eigenvalue weighted by Gasteiger charge is -2.09. The molecule has 0 bridgehead atoms. The molecule has 0 saturated heterocycles. The van der Waals surface area contributed by atoms with Crippen molar-refractivity contribution in [3.05, 3.63) is 0 Å². The van der Waals surface area contributed by atoms with Crippen molar-refractivity contribution in [1.82, 2.24) is 5.32 Å². The highest BCUT2D eigenvalue weighted by molar-refractivity contribution is 9.09. The SMILES string of the molecule is CC1(CNC(=O)CCCCBr)CC1. The van der Waals surface area contributed by atoms with Crippen LogP contribution in [0.15, 0.2) is 0 Å². The molecule has 0 aromatic heterocycles. The molecule has 1 aliphatic carbocycles. The van der Waals surface area contributed by atoms with Crippen LogP contribution in [0.25, 0.3) is 0 Å². The Labute approximate surface area is 88.6 Å². The monoisotopic (exact) mass is 247 g/mol. The number of unbranched alkanes of at least 4 members (excludes halogenated alkanes) is 1. The molecule has 1 rings (SSSR count). The highest BCUT2D eigenvalue weighted by atomic mass is 79.9. The van der Waals surface area contributed by atoms with Crippen molar-refractivity contribution in [3.8, 4) is 0 Å². The van der Waals surface area contributed by atoms with Crippen LogP contribution in [0, 0.1) is 5.41 Å². The second-order valence-corrected chi connectivity index (χ2v) is 5.03. The van der Waals surface area contributed by atoms with Gasteiger partial charge in [-0.25, -0.2) is 0 Å². The van der Waals surface area contributed by atoms with Gasteiger partial charge in [0.15, 0.2) is 0 Å². The Morgan fingerprint density at radius 3 is 2.69 bits per heavy atom. The summed E-state index contributed by atoms with van der Waals surface area (Å²) in [6.45, 7) is 3.10. The number of hydrogen-bond donors (Lipinski definition) is 1. The van der Waals surface area contributed by atoms with E-state index in [1.807, 2.05) is 0 Å². The molecule has 0 atom stereocenters. The number of nitrogens with one attached hydrogen (secondary N) is 1. The van der Waals surface area contributed by atoms with Crippen molar-refractivity contribution in [1.29, 1.82) is 0 Å².